The van der Waals surface area contributed by atoms with Gasteiger partial charge in [0.25, 0.3) is 5.69 Å². The molecule has 1 aromatic heterocycles. The lowest BCUT2D eigenvalue weighted by Gasteiger charge is -2.09. The number of non-ortho nitro benzene ring substituents is 1. The van der Waals surface area contributed by atoms with Crippen molar-refractivity contribution in [2.75, 3.05) is 6.61 Å². The molecule has 0 radical (unpaired) electrons. The van der Waals surface area contributed by atoms with E-state index in [1.54, 1.807) is 18.2 Å². The Kier molecular flexibility index (Phi) is 5.09. The van der Waals surface area contributed by atoms with Crippen LogP contribution in [0.3, 0.4) is 0 Å². The summed E-state index contributed by atoms with van der Waals surface area (Å²) in [4.78, 5) is 34.6. The van der Waals surface area contributed by atoms with E-state index in [-0.39, 0.29) is 17.9 Å². The molecule has 0 amide bonds. The summed E-state index contributed by atoms with van der Waals surface area (Å²) in [7, 11) is 0. The second-order valence-electron chi connectivity index (χ2n) is 6.52. The van der Waals surface area contributed by atoms with Gasteiger partial charge in [-0.1, -0.05) is 42.5 Å². The fourth-order valence-corrected chi connectivity index (χ4v) is 3.11. The molecule has 148 valence electrons. The van der Waals surface area contributed by atoms with Crippen molar-refractivity contribution in [1.29, 1.82) is 0 Å². The fourth-order valence-electron chi connectivity index (χ4n) is 3.11. The SMILES string of the molecule is O=C(COc1ccc2c(-c3ccccc3)cc(=O)oc2c1)c1cccc([N+](=O)[O-])c1. The normalized spacial score (nSPS) is 10.7. The Bertz CT molecular complexity index is 1310. The second kappa shape index (κ2) is 8.00. The van der Waals surface area contributed by atoms with Crippen LogP contribution in [0.1, 0.15) is 10.4 Å². The van der Waals surface area contributed by atoms with E-state index in [2.05, 4.69) is 0 Å². The first-order valence-corrected chi connectivity index (χ1v) is 9.05. The molecule has 0 saturated carbocycles. The van der Waals surface area contributed by atoms with Crippen LogP contribution in [0.2, 0.25) is 0 Å². The molecule has 1 heterocycles. The van der Waals surface area contributed by atoms with Crippen LogP contribution < -0.4 is 10.4 Å². The largest absolute Gasteiger partial charge is 0.485 e. The van der Waals surface area contributed by atoms with Crippen molar-refractivity contribution in [3.63, 3.8) is 0 Å². The summed E-state index contributed by atoms with van der Waals surface area (Å²) in [6.07, 6.45) is 0. The van der Waals surface area contributed by atoms with Gasteiger partial charge in [0.2, 0.25) is 0 Å². The quantitative estimate of drug-likeness (QED) is 0.202. The van der Waals surface area contributed by atoms with Crippen molar-refractivity contribution in [1.82, 2.24) is 0 Å². The number of nitro groups is 1. The third-order valence-corrected chi connectivity index (χ3v) is 4.55. The molecular weight excluding hydrogens is 386 g/mol. The lowest BCUT2D eigenvalue weighted by atomic mass is 10.0. The lowest BCUT2D eigenvalue weighted by Crippen LogP contribution is -2.11. The number of hydrogen-bond donors (Lipinski definition) is 0. The summed E-state index contributed by atoms with van der Waals surface area (Å²) < 4.78 is 10.8. The first-order valence-electron chi connectivity index (χ1n) is 9.05. The molecule has 0 saturated heterocycles. The first kappa shape index (κ1) is 19.1. The third-order valence-electron chi connectivity index (χ3n) is 4.55. The van der Waals surface area contributed by atoms with Gasteiger partial charge in [0.15, 0.2) is 12.4 Å². The monoisotopic (exact) mass is 401 g/mol. The molecule has 4 rings (SSSR count). The molecule has 4 aromatic rings. The van der Waals surface area contributed by atoms with Gasteiger partial charge in [0, 0.05) is 35.2 Å². The molecule has 7 nitrogen and oxygen atoms in total. The maximum absolute atomic E-state index is 12.3. The van der Waals surface area contributed by atoms with Crippen LogP contribution >= 0.6 is 0 Å². The molecule has 0 atom stereocenters. The van der Waals surface area contributed by atoms with E-state index in [9.17, 15) is 19.7 Å². The Hall–Kier alpha value is -4.26. The molecule has 0 aliphatic heterocycles. The van der Waals surface area contributed by atoms with Gasteiger partial charge in [-0.2, -0.15) is 0 Å². The summed E-state index contributed by atoms with van der Waals surface area (Å²) in [6, 6.07) is 21.3. The number of benzene rings is 3. The zero-order valence-electron chi connectivity index (χ0n) is 15.6. The number of ketones is 1. The molecule has 0 bridgehead atoms. The van der Waals surface area contributed by atoms with Gasteiger partial charge >= 0.3 is 5.63 Å². The Morgan fingerprint density at radius 1 is 0.967 bits per heavy atom. The molecule has 7 heteroatoms. The van der Waals surface area contributed by atoms with Crippen LogP contribution in [-0.4, -0.2) is 17.3 Å². The van der Waals surface area contributed by atoms with Crippen LogP contribution in [0.15, 0.2) is 88.1 Å². The standard InChI is InChI=1S/C23H15NO6/c25-21(16-7-4-8-17(11-16)24(27)28)14-29-18-9-10-19-20(15-5-2-1-3-6-15)13-23(26)30-22(19)12-18/h1-13H,14H2. The van der Waals surface area contributed by atoms with Crippen molar-refractivity contribution in [3.8, 4) is 16.9 Å². The van der Waals surface area contributed by atoms with Gasteiger partial charge in [-0.15, -0.1) is 0 Å². The van der Waals surface area contributed by atoms with Gasteiger partial charge < -0.3 is 9.15 Å². The summed E-state index contributed by atoms with van der Waals surface area (Å²) in [5, 5.41) is 11.6. The molecule has 0 unspecified atom stereocenters. The smallest absolute Gasteiger partial charge is 0.336 e. The number of Topliss-reactive ketones (excluding diaryl/α,β-unsaturated/α-hetero) is 1. The molecular formula is C23H15NO6. The minimum Gasteiger partial charge on any atom is -0.485 e. The van der Waals surface area contributed by atoms with Gasteiger partial charge in [0.1, 0.15) is 11.3 Å². The number of ether oxygens (including phenoxy) is 1. The minimum atomic E-state index is -0.562. The van der Waals surface area contributed by atoms with E-state index in [4.69, 9.17) is 9.15 Å². The Morgan fingerprint density at radius 2 is 1.77 bits per heavy atom. The molecule has 30 heavy (non-hydrogen) atoms. The summed E-state index contributed by atoms with van der Waals surface area (Å²) in [5.41, 5.74) is 1.48. The second-order valence-corrected chi connectivity index (χ2v) is 6.52. The first-order chi connectivity index (χ1) is 14.5. The maximum Gasteiger partial charge on any atom is 0.336 e. The van der Waals surface area contributed by atoms with E-state index in [1.165, 1.54) is 30.3 Å². The number of carbonyl (C=O) groups excluding carboxylic acids is 1. The van der Waals surface area contributed by atoms with E-state index < -0.39 is 16.3 Å². The average Bonchev–Trinajstić information content (AvgIpc) is 2.77. The van der Waals surface area contributed by atoms with E-state index >= 15 is 0 Å². The number of nitrogens with zero attached hydrogens (tertiary/aromatic N) is 1. The van der Waals surface area contributed by atoms with Crippen molar-refractivity contribution < 1.29 is 18.9 Å². The maximum atomic E-state index is 12.3. The van der Waals surface area contributed by atoms with Crippen LogP contribution in [-0.2, 0) is 0 Å². The highest BCUT2D eigenvalue weighted by molar-refractivity contribution is 5.98. The highest BCUT2D eigenvalue weighted by atomic mass is 16.6. The third kappa shape index (κ3) is 3.95. The van der Waals surface area contributed by atoms with Crippen molar-refractivity contribution in [2.45, 2.75) is 0 Å². The number of nitro benzene ring substituents is 1. The Labute approximate surface area is 170 Å². The predicted molar refractivity (Wildman–Crippen MR) is 111 cm³/mol. The number of carbonyl (C=O) groups is 1. The van der Waals surface area contributed by atoms with Gasteiger partial charge in [-0.25, -0.2) is 4.79 Å². The highest BCUT2D eigenvalue weighted by Gasteiger charge is 2.13. The number of hydrogen-bond acceptors (Lipinski definition) is 6. The molecule has 0 N–H and O–H groups in total. The highest BCUT2D eigenvalue weighted by Crippen LogP contribution is 2.29. The zero-order valence-corrected chi connectivity index (χ0v) is 15.6. The van der Waals surface area contributed by atoms with Crippen LogP contribution in [0.25, 0.3) is 22.1 Å². The van der Waals surface area contributed by atoms with Gasteiger partial charge in [0.05, 0.1) is 4.92 Å². The van der Waals surface area contributed by atoms with E-state index in [0.29, 0.717) is 11.3 Å². The van der Waals surface area contributed by atoms with Crippen LogP contribution in [0.4, 0.5) is 5.69 Å². The summed E-state index contributed by atoms with van der Waals surface area (Å²) in [5.74, 6) is -0.0621. The van der Waals surface area contributed by atoms with E-state index in [0.717, 1.165) is 16.5 Å². The number of rotatable bonds is 6. The summed E-state index contributed by atoms with van der Waals surface area (Å²) >= 11 is 0. The average molecular weight is 401 g/mol. The Morgan fingerprint density at radius 3 is 2.53 bits per heavy atom. The molecule has 3 aromatic carbocycles. The number of fused-ring (bicyclic) bond motifs is 1. The van der Waals surface area contributed by atoms with Crippen molar-refractivity contribution in [2.24, 2.45) is 0 Å². The van der Waals surface area contributed by atoms with E-state index in [1.807, 2.05) is 30.3 Å². The van der Waals surface area contributed by atoms with Gasteiger partial charge in [-0.05, 0) is 23.3 Å². The lowest BCUT2D eigenvalue weighted by molar-refractivity contribution is -0.384. The topological polar surface area (TPSA) is 99.7 Å². The predicted octanol–water partition coefficient (Wildman–Crippen LogP) is 4.63. The minimum absolute atomic E-state index is 0.165. The molecule has 0 spiro atoms. The fraction of sp³-hybridized carbons (Fsp3) is 0.0435. The van der Waals surface area contributed by atoms with Crippen molar-refractivity contribution in [3.05, 3.63) is 105 Å². The Balaban J connectivity index is 1.59. The van der Waals surface area contributed by atoms with Crippen LogP contribution in [0, 0.1) is 10.1 Å². The van der Waals surface area contributed by atoms with Crippen LogP contribution in [0.5, 0.6) is 5.75 Å². The molecule has 0 fully saturated rings. The molecule has 0 aliphatic rings. The zero-order chi connectivity index (χ0) is 21.1. The molecule has 0 aliphatic carbocycles. The van der Waals surface area contributed by atoms with Gasteiger partial charge in [-0.3, -0.25) is 14.9 Å². The van der Waals surface area contributed by atoms with Crippen molar-refractivity contribution >= 4 is 22.4 Å². The summed E-state index contributed by atoms with van der Waals surface area (Å²) in [6.45, 7) is -0.310.